The van der Waals surface area contributed by atoms with E-state index in [1.165, 1.54) is 0 Å². The standard InChI is InChI=1S/C8H20N2O3/c1-2-11-5-6-13-8(10)7-12-4-3-9/h8H,2-7,9-10H2,1H3. The van der Waals surface area contributed by atoms with Crippen LogP contribution in [0, 0.1) is 0 Å². The summed E-state index contributed by atoms with van der Waals surface area (Å²) in [5.74, 6) is 0. The smallest absolute Gasteiger partial charge is 0.129 e. The molecule has 5 nitrogen and oxygen atoms in total. The maximum absolute atomic E-state index is 5.55. The van der Waals surface area contributed by atoms with Crippen LogP contribution in [0.3, 0.4) is 0 Å². The first kappa shape index (κ1) is 12.8. The lowest BCUT2D eigenvalue weighted by atomic mass is 10.6. The van der Waals surface area contributed by atoms with Crippen LogP contribution >= 0.6 is 0 Å². The quantitative estimate of drug-likeness (QED) is 0.373. The van der Waals surface area contributed by atoms with E-state index in [-0.39, 0.29) is 6.23 Å². The Labute approximate surface area is 79.3 Å². The fraction of sp³-hybridized carbons (Fsp3) is 1.00. The topological polar surface area (TPSA) is 79.7 Å². The van der Waals surface area contributed by atoms with Gasteiger partial charge < -0.3 is 25.7 Å². The number of hydrogen-bond donors (Lipinski definition) is 2. The average molecular weight is 192 g/mol. The first-order valence-electron chi connectivity index (χ1n) is 4.54. The summed E-state index contributed by atoms with van der Waals surface area (Å²) >= 11 is 0. The van der Waals surface area contributed by atoms with Crippen molar-refractivity contribution in [3.8, 4) is 0 Å². The SMILES string of the molecule is CCOCCOC(N)COCCN. The van der Waals surface area contributed by atoms with Gasteiger partial charge >= 0.3 is 0 Å². The Balaban J connectivity index is 3.05. The third kappa shape index (κ3) is 9.72. The summed E-state index contributed by atoms with van der Waals surface area (Å²) in [5, 5.41) is 0. The molecule has 0 saturated carbocycles. The minimum absolute atomic E-state index is 0.378. The highest BCUT2D eigenvalue weighted by atomic mass is 16.6. The number of hydrogen-bond acceptors (Lipinski definition) is 5. The molecule has 0 saturated heterocycles. The molecule has 0 aromatic heterocycles. The van der Waals surface area contributed by atoms with E-state index in [4.69, 9.17) is 25.7 Å². The van der Waals surface area contributed by atoms with Gasteiger partial charge in [0.2, 0.25) is 0 Å². The van der Waals surface area contributed by atoms with E-state index in [0.29, 0.717) is 39.6 Å². The largest absolute Gasteiger partial charge is 0.379 e. The van der Waals surface area contributed by atoms with Gasteiger partial charge in [-0.05, 0) is 6.92 Å². The molecule has 0 rings (SSSR count). The molecular weight excluding hydrogens is 172 g/mol. The highest BCUT2D eigenvalue weighted by Crippen LogP contribution is 1.86. The summed E-state index contributed by atoms with van der Waals surface area (Å²) in [4.78, 5) is 0. The van der Waals surface area contributed by atoms with Crippen LogP contribution in [0.5, 0.6) is 0 Å². The molecule has 0 aliphatic carbocycles. The van der Waals surface area contributed by atoms with E-state index < -0.39 is 0 Å². The summed E-state index contributed by atoms with van der Waals surface area (Å²) in [7, 11) is 0. The summed E-state index contributed by atoms with van der Waals surface area (Å²) in [6.07, 6.45) is -0.382. The zero-order valence-corrected chi connectivity index (χ0v) is 8.20. The van der Waals surface area contributed by atoms with E-state index in [1.54, 1.807) is 0 Å². The van der Waals surface area contributed by atoms with Crippen molar-refractivity contribution in [2.24, 2.45) is 11.5 Å². The van der Waals surface area contributed by atoms with Gasteiger partial charge in [0.25, 0.3) is 0 Å². The lowest BCUT2D eigenvalue weighted by molar-refractivity contribution is -0.0325. The number of rotatable bonds is 9. The van der Waals surface area contributed by atoms with Gasteiger partial charge in [-0.1, -0.05) is 0 Å². The molecular formula is C8H20N2O3. The molecule has 1 atom stereocenters. The van der Waals surface area contributed by atoms with Crippen LogP contribution in [-0.4, -0.2) is 45.8 Å². The number of ether oxygens (including phenoxy) is 3. The van der Waals surface area contributed by atoms with Crippen molar-refractivity contribution in [3.05, 3.63) is 0 Å². The Morgan fingerprint density at radius 2 is 1.92 bits per heavy atom. The minimum atomic E-state index is -0.382. The minimum Gasteiger partial charge on any atom is -0.379 e. The summed E-state index contributed by atoms with van der Waals surface area (Å²) in [6, 6.07) is 0. The third-order valence-corrected chi connectivity index (χ3v) is 1.31. The summed E-state index contributed by atoms with van der Waals surface area (Å²) in [6.45, 7) is 5.10. The van der Waals surface area contributed by atoms with Crippen LogP contribution in [0.1, 0.15) is 6.92 Å². The highest BCUT2D eigenvalue weighted by molar-refractivity contribution is 4.45. The molecule has 0 radical (unpaired) electrons. The molecule has 80 valence electrons. The Hall–Kier alpha value is -0.200. The Morgan fingerprint density at radius 3 is 2.54 bits per heavy atom. The molecule has 0 aromatic carbocycles. The van der Waals surface area contributed by atoms with Gasteiger partial charge in [-0.2, -0.15) is 0 Å². The van der Waals surface area contributed by atoms with Gasteiger partial charge in [-0.15, -0.1) is 0 Å². The second-order valence-corrected chi connectivity index (χ2v) is 2.47. The molecule has 0 aromatic rings. The van der Waals surface area contributed by atoms with Crippen molar-refractivity contribution in [2.45, 2.75) is 13.2 Å². The Morgan fingerprint density at radius 1 is 1.15 bits per heavy atom. The van der Waals surface area contributed by atoms with Crippen LogP contribution in [-0.2, 0) is 14.2 Å². The molecule has 0 fully saturated rings. The Kier molecular flexibility index (Phi) is 9.73. The van der Waals surface area contributed by atoms with Gasteiger partial charge in [0.15, 0.2) is 0 Å². The molecule has 0 aliphatic rings. The normalized spacial score (nSPS) is 13.2. The second kappa shape index (κ2) is 9.88. The average Bonchev–Trinajstić information content (AvgIpc) is 2.13. The van der Waals surface area contributed by atoms with Crippen LogP contribution in [0.2, 0.25) is 0 Å². The second-order valence-electron chi connectivity index (χ2n) is 2.47. The van der Waals surface area contributed by atoms with Crippen LogP contribution in [0.15, 0.2) is 0 Å². The first-order chi connectivity index (χ1) is 6.31. The zero-order valence-electron chi connectivity index (χ0n) is 8.20. The van der Waals surface area contributed by atoms with Gasteiger partial charge in [-0.3, -0.25) is 0 Å². The van der Waals surface area contributed by atoms with Gasteiger partial charge in [0, 0.05) is 13.2 Å². The van der Waals surface area contributed by atoms with Crippen LogP contribution in [0.4, 0.5) is 0 Å². The summed E-state index contributed by atoms with van der Waals surface area (Å²) < 4.78 is 15.3. The van der Waals surface area contributed by atoms with Gasteiger partial charge in [-0.25, -0.2) is 0 Å². The monoisotopic (exact) mass is 192 g/mol. The molecule has 0 aliphatic heterocycles. The van der Waals surface area contributed by atoms with Crippen molar-refractivity contribution in [1.29, 1.82) is 0 Å². The maximum Gasteiger partial charge on any atom is 0.129 e. The van der Waals surface area contributed by atoms with Gasteiger partial charge in [0.1, 0.15) is 6.23 Å². The maximum atomic E-state index is 5.55. The fourth-order valence-electron chi connectivity index (χ4n) is 0.734. The predicted octanol–water partition coefficient (Wildman–Crippen LogP) is -0.700. The zero-order chi connectivity index (χ0) is 9.94. The molecule has 0 amide bonds. The van der Waals surface area contributed by atoms with Crippen LogP contribution < -0.4 is 11.5 Å². The molecule has 1 unspecified atom stereocenters. The van der Waals surface area contributed by atoms with E-state index in [9.17, 15) is 0 Å². The van der Waals surface area contributed by atoms with E-state index in [0.717, 1.165) is 0 Å². The van der Waals surface area contributed by atoms with Crippen LogP contribution in [0.25, 0.3) is 0 Å². The van der Waals surface area contributed by atoms with E-state index >= 15 is 0 Å². The van der Waals surface area contributed by atoms with Gasteiger partial charge in [0.05, 0.1) is 26.4 Å². The first-order valence-corrected chi connectivity index (χ1v) is 4.54. The molecule has 0 heterocycles. The van der Waals surface area contributed by atoms with E-state index in [2.05, 4.69) is 0 Å². The van der Waals surface area contributed by atoms with Crippen molar-refractivity contribution >= 4 is 0 Å². The fourth-order valence-corrected chi connectivity index (χ4v) is 0.734. The van der Waals surface area contributed by atoms with Crippen molar-refractivity contribution in [3.63, 3.8) is 0 Å². The lowest BCUT2D eigenvalue weighted by Gasteiger charge is -2.12. The predicted molar refractivity (Wildman–Crippen MR) is 50.3 cm³/mol. The molecule has 0 bridgehead atoms. The van der Waals surface area contributed by atoms with Crippen molar-refractivity contribution in [1.82, 2.24) is 0 Å². The molecule has 0 spiro atoms. The molecule has 13 heavy (non-hydrogen) atoms. The number of nitrogens with two attached hydrogens (primary N) is 2. The highest BCUT2D eigenvalue weighted by Gasteiger charge is 2.01. The van der Waals surface area contributed by atoms with E-state index in [1.807, 2.05) is 6.92 Å². The molecule has 4 N–H and O–H groups in total. The lowest BCUT2D eigenvalue weighted by Crippen LogP contribution is -2.31. The third-order valence-electron chi connectivity index (χ3n) is 1.31. The molecule has 5 heteroatoms. The Bertz CT molecular complexity index is 103. The van der Waals surface area contributed by atoms with Crippen molar-refractivity contribution in [2.75, 3.05) is 39.6 Å². The van der Waals surface area contributed by atoms with Crippen molar-refractivity contribution < 1.29 is 14.2 Å². The summed E-state index contributed by atoms with van der Waals surface area (Å²) in [5.41, 5.74) is 10.8.